The first-order chi connectivity index (χ1) is 14.4. The van der Waals surface area contributed by atoms with Crippen LogP contribution < -0.4 is 10.6 Å². The van der Waals surface area contributed by atoms with E-state index < -0.39 is 43.4 Å². The van der Waals surface area contributed by atoms with Crippen LogP contribution in [0.5, 0.6) is 0 Å². The van der Waals surface area contributed by atoms with E-state index in [4.69, 9.17) is 9.84 Å². The molecule has 0 aromatic heterocycles. The molecule has 30 heavy (non-hydrogen) atoms. The molecule has 9 heteroatoms. The van der Waals surface area contributed by atoms with Crippen LogP contribution in [-0.4, -0.2) is 48.7 Å². The summed E-state index contributed by atoms with van der Waals surface area (Å²) in [5, 5.41) is 12.7. The van der Waals surface area contributed by atoms with Crippen LogP contribution in [0.3, 0.4) is 0 Å². The normalized spacial score (nSPS) is 13.3. The van der Waals surface area contributed by atoms with Crippen molar-refractivity contribution in [1.29, 1.82) is 0 Å². The van der Waals surface area contributed by atoms with Crippen LogP contribution in [-0.2, 0) is 14.3 Å². The molecule has 0 radical (unpaired) electrons. The van der Waals surface area contributed by atoms with Crippen LogP contribution in [0.25, 0.3) is 11.1 Å². The van der Waals surface area contributed by atoms with Gasteiger partial charge in [-0.2, -0.15) is 0 Å². The number of hydrogen-bond acceptors (Lipinski definition) is 4. The zero-order chi connectivity index (χ0) is 21.7. The third kappa shape index (κ3) is 4.91. The number of halogens is 2. The van der Waals surface area contributed by atoms with Crippen LogP contribution >= 0.6 is 0 Å². The number of carboxylic acids is 1. The molecule has 0 saturated carbocycles. The number of amides is 2. The highest BCUT2D eigenvalue weighted by molar-refractivity contribution is 5.88. The van der Waals surface area contributed by atoms with E-state index in [0.29, 0.717) is 0 Å². The molecule has 1 aliphatic carbocycles. The predicted octanol–water partition coefficient (Wildman–Crippen LogP) is 2.75. The molecule has 3 N–H and O–H groups in total. The minimum absolute atomic E-state index is 0.0436. The lowest BCUT2D eigenvalue weighted by atomic mass is 9.98. The first-order valence-electron chi connectivity index (χ1n) is 9.26. The van der Waals surface area contributed by atoms with E-state index in [1.807, 2.05) is 53.8 Å². The molecule has 1 atom stereocenters. The molecule has 7 nitrogen and oxygen atoms in total. The third-order valence-corrected chi connectivity index (χ3v) is 4.78. The molecule has 3 rings (SSSR count). The number of ether oxygens (including phenoxy) is 1. The van der Waals surface area contributed by atoms with Crippen LogP contribution in [0, 0.1) is 0 Å². The van der Waals surface area contributed by atoms with Crippen LogP contribution in [0.2, 0.25) is 0 Å². The number of carbonyl (C=O) groups is 3. The van der Waals surface area contributed by atoms with Gasteiger partial charge in [-0.3, -0.25) is 9.59 Å². The molecule has 158 valence electrons. The van der Waals surface area contributed by atoms with Gasteiger partial charge in [0.2, 0.25) is 12.3 Å². The maximum atomic E-state index is 12.8. The number of alkyl carbamates (subject to hydrolysis) is 1. The topological polar surface area (TPSA) is 105 Å². The number of carbonyl (C=O) groups excluding carboxylic acids is 2. The zero-order valence-electron chi connectivity index (χ0n) is 15.8. The van der Waals surface area contributed by atoms with Crippen molar-refractivity contribution in [1.82, 2.24) is 10.6 Å². The maximum Gasteiger partial charge on any atom is 0.407 e. The lowest BCUT2D eigenvalue weighted by molar-refractivity contribution is -0.138. The van der Waals surface area contributed by atoms with E-state index in [9.17, 15) is 23.2 Å². The van der Waals surface area contributed by atoms with Crippen LogP contribution in [0.4, 0.5) is 13.6 Å². The average Bonchev–Trinajstić information content (AvgIpc) is 3.03. The van der Waals surface area contributed by atoms with Gasteiger partial charge in [-0.25, -0.2) is 13.6 Å². The van der Waals surface area contributed by atoms with Crippen molar-refractivity contribution < 1.29 is 33.0 Å². The van der Waals surface area contributed by atoms with E-state index >= 15 is 0 Å². The first kappa shape index (κ1) is 21.2. The summed E-state index contributed by atoms with van der Waals surface area (Å²) < 4.78 is 30.8. The van der Waals surface area contributed by atoms with Gasteiger partial charge in [0.05, 0.1) is 0 Å². The molecular weight excluding hydrogens is 398 g/mol. The van der Waals surface area contributed by atoms with Crippen molar-refractivity contribution in [2.45, 2.75) is 24.8 Å². The van der Waals surface area contributed by atoms with Gasteiger partial charge in [-0.1, -0.05) is 48.5 Å². The van der Waals surface area contributed by atoms with E-state index in [1.165, 1.54) is 0 Å². The number of rotatable bonds is 8. The fraction of sp³-hybridized carbons (Fsp3) is 0.286. The molecule has 1 unspecified atom stereocenters. The molecule has 2 aromatic rings. The van der Waals surface area contributed by atoms with Crippen molar-refractivity contribution in [3.8, 4) is 11.1 Å². The van der Waals surface area contributed by atoms with Gasteiger partial charge in [0, 0.05) is 12.3 Å². The van der Waals surface area contributed by atoms with Gasteiger partial charge < -0.3 is 20.5 Å². The quantitative estimate of drug-likeness (QED) is 0.612. The standard InChI is InChI=1S/C21H20F2N2O5/c22-18(23)9-17(20(28)24-10-19(26)27)25-21(29)30-11-16-14-7-3-1-5-12(14)13-6-2-4-8-15(13)16/h1-8,16-18H,9-11H2,(H,24,28)(H,25,29)(H,26,27). The fourth-order valence-electron chi connectivity index (χ4n) is 3.48. The number of benzene rings is 2. The zero-order valence-corrected chi connectivity index (χ0v) is 15.8. The molecule has 2 amide bonds. The number of aliphatic carboxylic acids is 1. The number of nitrogens with one attached hydrogen (secondary N) is 2. The van der Waals surface area contributed by atoms with Crippen LogP contribution in [0.1, 0.15) is 23.5 Å². The van der Waals surface area contributed by atoms with E-state index in [2.05, 4.69) is 5.32 Å². The van der Waals surface area contributed by atoms with Crippen LogP contribution in [0.15, 0.2) is 48.5 Å². The van der Waals surface area contributed by atoms with Gasteiger partial charge in [0.25, 0.3) is 0 Å². The number of hydrogen-bond donors (Lipinski definition) is 3. The summed E-state index contributed by atoms with van der Waals surface area (Å²) in [5.74, 6) is -2.58. The first-order valence-corrected chi connectivity index (χ1v) is 9.26. The highest BCUT2D eigenvalue weighted by atomic mass is 19.3. The highest BCUT2D eigenvalue weighted by Crippen LogP contribution is 2.44. The summed E-state index contributed by atoms with van der Waals surface area (Å²) in [7, 11) is 0. The fourth-order valence-corrected chi connectivity index (χ4v) is 3.48. The SMILES string of the molecule is O=C(O)CNC(=O)C(CC(F)F)NC(=O)OCC1c2ccccc2-c2ccccc21. The van der Waals surface area contributed by atoms with Gasteiger partial charge in [-0.05, 0) is 22.3 Å². The molecule has 0 saturated heterocycles. The van der Waals surface area contributed by atoms with E-state index in [-0.39, 0.29) is 12.5 Å². The Morgan fingerprint density at radius 2 is 1.57 bits per heavy atom. The number of carboxylic acid groups (broad SMARTS) is 1. The minimum atomic E-state index is -2.88. The smallest absolute Gasteiger partial charge is 0.407 e. The Morgan fingerprint density at radius 1 is 1.00 bits per heavy atom. The number of fused-ring (bicyclic) bond motifs is 3. The van der Waals surface area contributed by atoms with E-state index in [1.54, 1.807) is 0 Å². The molecular formula is C21H20F2N2O5. The lowest BCUT2D eigenvalue weighted by Crippen LogP contribution is -2.49. The van der Waals surface area contributed by atoms with Crippen molar-refractivity contribution in [2.24, 2.45) is 0 Å². The molecule has 0 aliphatic heterocycles. The van der Waals surface area contributed by atoms with Gasteiger partial charge in [0.1, 0.15) is 19.2 Å². The largest absolute Gasteiger partial charge is 0.480 e. The number of alkyl halides is 2. The molecule has 0 heterocycles. The second-order valence-electron chi connectivity index (χ2n) is 6.76. The van der Waals surface area contributed by atoms with Crippen molar-refractivity contribution in [2.75, 3.05) is 13.2 Å². The monoisotopic (exact) mass is 418 g/mol. The Labute approximate surface area is 171 Å². The van der Waals surface area contributed by atoms with Gasteiger partial charge in [-0.15, -0.1) is 0 Å². The van der Waals surface area contributed by atoms with E-state index in [0.717, 1.165) is 22.3 Å². The Balaban J connectivity index is 1.65. The summed E-state index contributed by atoms with van der Waals surface area (Å²) in [4.78, 5) is 34.7. The third-order valence-electron chi connectivity index (χ3n) is 4.78. The molecule has 2 aromatic carbocycles. The highest BCUT2D eigenvalue weighted by Gasteiger charge is 2.30. The average molecular weight is 418 g/mol. The molecule has 0 spiro atoms. The predicted molar refractivity (Wildman–Crippen MR) is 103 cm³/mol. The summed E-state index contributed by atoms with van der Waals surface area (Å²) in [5.41, 5.74) is 4.03. The Hall–Kier alpha value is -3.49. The van der Waals surface area contributed by atoms with Crippen molar-refractivity contribution in [3.63, 3.8) is 0 Å². The summed E-state index contributed by atoms with van der Waals surface area (Å²) in [6.45, 7) is -0.789. The molecule has 0 fully saturated rings. The second kappa shape index (κ2) is 9.34. The van der Waals surface area contributed by atoms with Crippen molar-refractivity contribution >= 4 is 18.0 Å². The van der Waals surface area contributed by atoms with Gasteiger partial charge in [0.15, 0.2) is 0 Å². The summed E-state index contributed by atoms with van der Waals surface area (Å²) >= 11 is 0. The van der Waals surface area contributed by atoms with Gasteiger partial charge >= 0.3 is 12.1 Å². The molecule has 0 bridgehead atoms. The molecule has 1 aliphatic rings. The lowest BCUT2D eigenvalue weighted by Gasteiger charge is -2.19. The summed E-state index contributed by atoms with van der Waals surface area (Å²) in [6.07, 6.45) is -4.87. The Bertz CT molecular complexity index is 905. The second-order valence-corrected chi connectivity index (χ2v) is 6.76. The van der Waals surface area contributed by atoms with Crippen molar-refractivity contribution in [3.05, 3.63) is 59.7 Å². The Morgan fingerprint density at radius 3 is 2.10 bits per heavy atom. The Kier molecular flexibility index (Phi) is 6.61. The summed E-state index contributed by atoms with van der Waals surface area (Å²) in [6, 6.07) is 13.8. The maximum absolute atomic E-state index is 12.8. The minimum Gasteiger partial charge on any atom is -0.480 e.